The maximum Gasteiger partial charge on any atom is 0.306 e. The number of nitrogens with zero attached hydrogens (tertiary/aromatic N) is 2. The fourth-order valence-corrected chi connectivity index (χ4v) is 7.95. The zero-order valence-corrected chi connectivity index (χ0v) is 30.8. The molecule has 1 aliphatic heterocycles. The third-order valence-electron chi connectivity index (χ3n) is 10.4. The van der Waals surface area contributed by atoms with Gasteiger partial charge in [-0.2, -0.15) is 0 Å². The van der Waals surface area contributed by atoms with Gasteiger partial charge in [0.15, 0.2) is 0 Å². The smallest absolute Gasteiger partial charge is 0.306 e. The van der Waals surface area contributed by atoms with Crippen molar-refractivity contribution in [3.8, 4) is 45.5 Å². The fourth-order valence-electron chi connectivity index (χ4n) is 7.63. The number of fused-ring (bicyclic) bond motifs is 1. The molecule has 0 spiro atoms. The normalized spacial score (nSPS) is 18.3. The number of nitrogens with one attached hydrogen (secondary N) is 3. The third-order valence-corrected chi connectivity index (χ3v) is 10.8. The highest BCUT2D eigenvalue weighted by atomic mass is 35.5. The van der Waals surface area contributed by atoms with Crippen LogP contribution in [0.2, 0.25) is 5.02 Å². The Bertz CT molecular complexity index is 2130. The van der Waals surface area contributed by atoms with Crippen LogP contribution in [0.25, 0.3) is 39.0 Å². The van der Waals surface area contributed by atoms with Crippen LogP contribution in [-0.2, 0) is 22.7 Å². The Morgan fingerprint density at radius 3 is 2.40 bits per heavy atom. The van der Waals surface area contributed by atoms with Crippen LogP contribution in [-0.4, -0.2) is 66.5 Å². The summed E-state index contributed by atoms with van der Waals surface area (Å²) in [5.41, 5.74) is 7.01. The molecule has 3 heterocycles. The Balaban J connectivity index is 1.14. The van der Waals surface area contributed by atoms with Crippen LogP contribution in [0.1, 0.15) is 43.2 Å². The van der Waals surface area contributed by atoms with E-state index in [-0.39, 0.29) is 23.9 Å². The van der Waals surface area contributed by atoms with E-state index in [2.05, 4.69) is 38.7 Å². The van der Waals surface area contributed by atoms with E-state index in [0.29, 0.717) is 67.0 Å². The molecule has 5 aromatic rings. The number of carboxylic acids is 1. The Hall–Kier alpha value is -5.10. The second-order valence-electron chi connectivity index (χ2n) is 13.6. The second kappa shape index (κ2) is 15.9. The predicted octanol–water partition coefficient (Wildman–Crippen LogP) is 6.75. The second-order valence-corrected chi connectivity index (χ2v) is 14.0. The summed E-state index contributed by atoms with van der Waals surface area (Å²) in [6.07, 6.45) is 5.57. The van der Waals surface area contributed by atoms with Crippen molar-refractivity contribution in [1.82, 2.24) is 25.5 Å². The van der Waals surface area contributed by atoms with Gasteiger partial charge < -0.3 is 39.8 Å². The summed E-state index contributed by atoms with van der Waals surface area (Å²) < 4.78 is 19.5. The number of carboxylic acid groups (broad SMARTS) is 1. The number of aliphatic carboxylic acids is 1. The first-order chi connectivity index (χ1) is 25.8. The van der Waals surface area contributed by atoms with Crippen molar-refractivity contribution in [2.45, 2.75) is 57.3 Å². The standard InChI is InChI=1S/C41H44ClN5O6/c1-51-36-19-28(20-37(52-2)33(36)23-43-22-27-13-15-38(48)45-27)47-17-16-30-29(6-5-9-35(30)47)31-7-4-8-32(39(31)42)34-14-11-25(40(46-34)53-3)21-44-26-12-10-24(18-26)41(49)50/h4-9,11,14,16-17,19-20,24,26-27,43-44H,10,12-13,15,18,21-23H2,1-3H3,(H,45,48)(H,49,50)/t24?,26-,27-/m0/s1. The lowest BCUT2D eigenvalue weighted by molar-refractivity contribution is -0.141. The first kappa shape index (κ1) is 36.3. The van der Waals surface area contributed by atoms with Gasteiger partial charge in [0.2, 0.25) is 11.8 Å². The summed E-state index contributed by atoms with van der Waals surface area (Å²) in [6.45, 7) is 1.72. The van der Waals surface area contributed by atoms with Crippen molar-refractivity contribution in [3.63, 3.8) is 0 Å². The number of benzene rings is 3. The average molecular weight is 738 g/mol. The van der Waals surface area contributed by atoms with Gasteiger partial charge in [0, 0.05) is 78.5 Å². The molecule has 53 heavy (non-hydrogen) atoms. The molecule has 2 aliphatic rings. The van der Waals surface area contributed by atoms with Gasteiger partial charge >= 0.3 is 5.97 Å². The molecule has 7 rings (SSSR count). The molecule has 1 saturated heterocycles. The van der Waals surface area contributed by atoms with Gasteiger partial charge in [0.1, 0.15) is 11.5 Å². The van der Waals surface area contributed by atoms with Gasteiger partial charge in [0.05, 0.1) is 54.7 Å². The lowest BCUT2D eigenvalue weighted by Gasteiger charge is -2.18. The molecule has 3 atom stereocenters. The molecule has 1 aliphatic carbocycles. The number of hydrogen-bond acceptors (Lipinski definition) is 8. The summed E-state index contributed by atoms with van der Waals surface area (Å²) in [7, 11) is 4.91. The topological polar surface area (TPSA) is 136 Å². The van der Waals surface area contributed by atoms with E-state index in [1.165, 1.54) is 0 Å². The molecule has 0 bridgehead atoms. The molecule has 4 N–H and O–H groups in total. The van der Waals surface area contributed by atoms with E-state index in [1.54, 1.807) is 21.3 Å². The van der Waals surface area contributed by atoms with Gasteiger partial charge in [-0.1, -0.05) is 48.0 Å². The summed E-state index contributed by atoms with van der Waals surface area (Å²) in [6, 6.07) is 22.4. The van der Waals surface area contributed by atoms with Crippen LogP contribution < -0.4 is 30.2 Å². The minimum Gasteiger partial charge on any atom is -0.496 e. The highest BCUT2D eigenvalue weighted by Crippen LogP contribution is 2.41. The molecule has 276 valence electrons. The third kappa shape index (κ3) is 7.55. The number of halogens is 1. The molecule has 1 amide bonds. The fraction of sp³-hybridized carbons (Fsp3) is 0.341. The summed E-state index contributed by atoms with van der Waals surface area (Å²) >= 11 is 7.20. The highest BCUT2D eigenvalue weighted by Gasteiger charge is 2.29. The van der Waals surface area contributed by atoms with Crippen LogP contribution in [0, 0.1) is 5.92 Å². The van der Waals surface area contributed by atoms with E-state index in [1.807, 2.05) is 54.7 Å². The molecule has 12 heteroatoms. The first-order valence-corrected chi connectivity index (χ1v) is 18.3. The molecular formula is C41H44ClN5O6. The van der Waals surface area contributed by atoms with E-state index in [9.17, 15) is 14.7 Å². The van der Waals surface area contributed by atoms with E-state index in [4.69, 9.17) is 30.8 Å². The Morgan fingerprint density at radius 1 is 0.943 bits per heavy atom. The molecule has 2 aromatic heterocycles. The molecule has 1 unspecified atom stereocenters. The first-order valence-electron chi connectivity index (χ1n) is 17.9. The number of carbonyl (C=O) groups is 2. The lowest BCUT2D eigenvalue weighted by Crippen LogP contribution is -2.35. The number of pyridine rings is 1. The molecular weight excluding hydrogens is 694 g/mol. The summed E-state index contributed by atoms with van der Waals surface area (Å²) in [5, 5.41) is 20.9. The number of carbonyl (C=O) groups excluding carboxylic acids is 1. The number of aromatic nitrogens is 2. The van der Waals surface area contributed by atoms with Crippen LogP contribution >= 0.6 is 11.6 Å². The van der Waals surface area contributed by atoms with Gasteiger partial charge in [-0.25, -0.2) is 4.98 Å². The van der Waals surface area contributed by atoms with Crippen molar-refractivity contribution >= 4 is 34.4 Å². The summed E-state index contributed by atoms with van der Waals surface area (Å²) in [5.74, 6) is 0.979. The Labute approximate surface area is 313 Å². The quantitative estimate of drug-likeness (QED) is 0.0976. The maximum absolute atomic E-state index is 11.6. The Kier molecular flexibility index (Phi) is 10.9. The minimum atomic E-state index is -0.726. The largest absolute Gasteiger partial charge is 0.496 e. The SMILES string of the molecule is COc1cc(-n2ccc3c(-c4cccc(-c5ccc(CN[C@H]6CCC(C(=O)O)C6)c(OC)n5)c4Cl)cccc32)cc(OC)c1CNC[C@@H]1CCC(=O)N1. The van der Waals surface area contributed by atoms with E-state index < -0.39 is 5.97 Å². The number of hydrogen-bond donors (Lipinski definition) is 4. The molecule has 11 nitrogen and oxygen atoms in total. The lowest BCUT2D eigenvalue weighted by atomic mass is 9.98. The number of methoxy groups -OCH3 is 3. The average Bonchev–Trinajstić information content (AvgIpc) is 3.94. The van der Waals surface area contributed by atoms with Crippen LogP contribution in [0.15, 0.2) is 72.9 Å². The molecule has 2 fully saturated rings. The van der Waals surface area contributed by atoms with Crippen LogP contribution in [0.3, 0.4) is 0 Å². The van der Waals surface area contributed by atoms with Crippen molar-refractivity contribution in [3.05, 3.63) is 89.1 Å². The van der Waals surface area contributed by atoms with Crippen molar-refractivity contribution in [2.75, 3.05) is 27.9 Å². The summed E-state index contributed by atoms with van der Waals surface area (Å²) in [4.78, 5) is 27.8. The monoisotopic (exact) mass is 737 g/mol. The zero-order chi connectivity index (χ0) is 37.1. The van der Waals surface area contributed by atoms with Gasteiger partial charge in [-0.3, -0.25) is 9.59 Å². The van der Waals surface area contributed by atoms with Crippen LogP contribution in [0.4, 0.5) is 0 Å². The van der Waals surface area contributed by atoms with E-state index in [0.717, 1.165) is 57.2 Å². The van der Waals surface area contributed by atoms with Gasteiger partial charge in [-0.15, -0.1) is 0 Å². The van der Waals surface area contributed by atoms with Crippen molar-refractivity contribution < 1.29 is 28.9 Å². The number of rotatable bonds is 14. The molecule has 1 saturated carbocycles. The van der Waals surface area contributed by atoms with Crippen molar-refractivity contribution in [2.24, 2.45) is 5.92 Å². The highest BCUT2D eigenvalue weighted by molar-refractivity contribution is 6.36. The maximum atomic E-state index is 11.6. The van der Waals surface area contributed by atoms with Gasteiger partial charge in [0.25, 0.3) is 0 Å². The molecule has 0 radical (unpaired) electrons. The Morgan fingerprint density at radius 2 is 1.70 bits per heavy atom. The van der Waals surface area contributed by atoms with Crippen LogP contribution in [0.5, 0.6) is 17.4 Å². The predicted molar refractivity (Wildman–Crippen MR) is 205 cm³/mol. The van der Waals surface area contributed by atoms with Gasteiger partial charge in [-0.05, 0) is 49.4 Å². The molecule has 3 aromatic carbocycles. The van der Waals surface area contributed by atoms with Crippen molar-refractivity contribution in [1.29, 1.82) is 0 Å². The number of ether oxygens (including phenoxy) is 3. The number of amides is 1. The minimum absolute atomic E-state index is 0.0976. The van der Waals surface area contributed by atoms with E-state index >= 15 is 0 Å². The zero-order valence-electron chi connectivity index (χ0n) is 30.1.